The zero-order valence-corrected chi connectivity index (χ0v) is 6.38. The molecule has 0 N–H and O–H groups in total. The Bertz CT molecular complexity index is 370. The largest absolute Gasteiger partial charge is 0.221 e. The Morgan fingerprint density at radius 1 is 1.33 bits per heavy atom. The van der Waals surface area contributed by atoms with E-state index in [-0.39, 0.29) is 0 Å². The van der Waals surface area contributed by atoms with Gasteiger partial charge in [0.05, 0.1) is 18.1 Å². The summed E-state index contributed by atoms with van der Waals surface area (Å²) in [7, 11) is 5.60. The van der Waals surface area contributed by atoms with Crippen LogP contribution in [0.15, 0.2) is 36.7 Å². The van der Waals surface area contributed by atoms with Crippen LogP contribution in [0, 0.1) is 0 Å². The van der Waals surface area contributed by atoms with Crippen LogP contribution in [-0.2, 0) is 0 Å². The van der Waals surface area contributed by atoms with E-state index in [1.165, 1.54) is 0 Å². The predicted molar refractivity (Wildman–Crippen MR) is 46.7 cm³/mol. The average molecular weight is 155 g/mol. The molecular formula is C8H6BN3. The summed E-state index contributed by atoms with van der Waals surface area (Å²) in [5, 5.41) is 7.54. The molecule has 1 aromatic carbocycles. The minimum atomic E-state index is 0.725. The molecule has 2 aromatic rings. The first-order chi connectivity index (χ1) is 5.86. The third kappa shape index (κ3) is 1.23. The number of benzene rings is 1. The highest BCUT2D eigenvalue weighted by Crippen LogP contribution is 2.00. The number of hydrogen-bond donors (Lipinski definition) is 0. The summed E-state index contributed by atoms with van der Waals surface area (Å²) in [5.74, 6) is 0. The molecule has 3 nitrogen and oxygen atoms in total. The van der Waals surface area contributed by atoms with Gasteiger partial charge in [0.15, 0.2) is 0 Å². The van der Waals surface area contributed by atoms with Gasteiger partial charge in [0.2, 0.25) is 0 Å². The lowest BCUT2D eigenvalue weighted by molar-refractivity contribution is 0.804. The van der Waals surface area contributed by atoms with Crippen LogP contribution in [0.4, 0.5) is 0 Å². The first kappa shape index (κ1) is 7.09. The van der Waals surface area contributed by atoms with Crippen molar-refractivity contribution in [1.82, 2.24) is 15.0 Å². The molecule has 0 atom stereocenters. The van der Waals surface area contributed by atoms with Crippen molar-refractivity contribution in [3.05, 3.63) is 36.7 Å². The van der Waals surface area contributed by atoms with Gasteiger partial charge in [0.25, 0.3) is 0 Å². The molecule has 2 radical (unpaired) electrons. The molecule has 1 aromatic heterocycles. The lowest BCUT2D eigenvalue weighted by Gasteiger charge is -1.99. The minimum absolute atomic E-state index is 0.725. The van der Waals surface area contributed by atoms with E-state index >= 15 is 0 Å². The molecule has 0 saturated heterocycles. The maximum Gasteiger partial charge on any atom is 0.113 e. The summed E-state index contributed by atoms with van der Waals surface area (Å²) >= 11 is 0. The molecule has 2 rings (SSSR count). The third-order valence-electron chi connectivity index (χ3n) is 1.56. The van der Waals surface area contributed by atoms with E-state index in [9.17, 15) is 0 Å². The van der Waals surface area contributed by atoms with E-state index in [2.05, 4.69) is 10.3 Å². The fourth-order valence-electron chi connectivity index (χ4n) is 1.01. The highest BCUT2D eigenvalue weighted by molar-refractivity contribution is 6.32. The molecule has 0 spiro atoms. The molecule has 0 bridgehead atoms. The zero-order valence-electron chi connectivity index (χ0n) is 6.38. The van der Waals surface area contributed by atoms with Crippen molar-refractivity contribution in [3.63, 3.8) is 0 Å². The third-order valence-corrected chi connectivity index (χ3v) is 1.56. The lowest BCUT2D eigenvalue weighted by Crippen LogP contribution is -2.04. The van der Waals surface area contributed by atoms with Crippen LogP contribution in [0.3, 0.4) is 0 Å². The van der Waals surface area contributed by atoms with E-state index in [0.29, 0.717) is 0 Å². The van der Waals surface area contributed by atoms with Crippen LogP contribution in [0.2, 0.25) is 0 Å². The van der Waals surface area contributed by atoms with Gasteiger partial charge in [-0.15, -0.1) is 5.10 Å². The van der Waals surface area contributed by atoms with E-state index in [1.54, 1.807) is 17.1 Å². The summed E-state index contributed by atoms with van der Waals surface area (Å²) in [6.45, 7) is 0. The Morgan fingerprint density at radius 3 is 2.92 bits per heavy atom. The summed E-state index contributed by atoms with van der Waals surface area (Å²) in [4.78, 5) is 0. The van der Waals surface area contributed by atoms with Gasteiger partial charge in [-0.3, -0.25) is 0 Å². The molecular weight excluding hydrogens is 149 g/mol. The molecule has 56 valence electrons. The molecule has 0 aliphatic heterocycles. The first-order valence-electron chi connectivity index (χ1n) is 3.58. The number of hydrogen-bond acceptors (Lipinski definition) is 2. The summed E-state index contributed by atoms with van der Waals surface area (Å²) < 4.78 is 1.66. The predicted octanol–water partition coefficient (Wildman–Crippen LogP) is 0.0611. The Morgan fingerprint density at radius 2 is 2.25 bits per heavy atom. The second-order valence-electron chi connectivity index (χ2n) is 2.44. The van der Waals surface area contributed by atoms with Gasteiger partial charge >= 0.3 is 0 Å². The summed E-state index contributed by atoms with van der Waals surface area (Å²) in [6.07, 6.45) is 3.40. The summed E-state index contributed by atoms with van der Waals surface area (Å²) in [5.41, 5.74) is 1.65. The minimum Gasteiger partial charge on any atom is -0.221 e. The van der Waals surface area contributed by atoms with Gasteiger partial charge in [-0.1, -0.05) is 22.8 Å². The van der Waals surface area contributed by atoms with E-state index in [4.69, 9.17) is 7.85 Å². The smallest absolute Gasteiger partial charge is 0.113 e. The second kappa shape index (κ2) is 2.81. The standard InChI is InChI=1S/C8H6BN3/c9-7-2-1-3-8(6-7)12-5-4-10-11-12/h1-6H. The van der Waals surface area contributed by atoms with Crippen molar-refractivity contribution in [2.24, 2.45) is 0 Å². The van der Waals surface area contributed by atoms with E-state index in [0.717, 1.165) is 11.2 Å². The number of aromatic nitrogens is 3. The van der Waals surface area contributed by atoms with Crippen molar-refractivity contribution in [1.29, 1.82) is 0 Å². The normalized spacial score (nSPS) is 10.0. The van der Waals surface area contributed by atoms with Gasteiger partial charge in [-0.25, -0.2) is 4.68 Å². The maximum atomic E-state index is 5.60. The fraction of sp³-hybridized carbons (Fsp3) is 0. The Balaban J connectivity index is 2.48. The van der Waals surface area contributed by atoms with E-state index in [1.807, 2.05) is 24.3 Å². The molecule has 0 aliphatic rings. The molecule has 0 aliphatic carbocycles. The SMILES string of the molecule is [B]c1cccc(-n2ccnn2)c1. The van der Waals surface area contributed by atoms with Crippen molar-refractivity contribution in [2.45, 2.75) is 0 Å². The fourth-order valence-corrected chi connectivity index (χ4v) is 1.01. The van der Waals surface area contributed by atoms with Crippen LogP contribution < -0.4 is 5.46 Å². The van der Waals surface area contributed by atoms with Crippen molar-refractivity contribution in [3.8, 4) is 5.69 Å². The van der Waals surface area contributed by atoms with Crippen molar-refractivity contribution >= 4 is 13.3 Å². The summed E-state index contributed by atoms with van der Waals surface area (Å²) in [6, 6.07) is 7.48. The first-order valence-corrected chi connectivity index (χ1v) is 3.58. The molecule has 0 fully saturated rings. The average Bonchev–Trinajstić information content (AvgIpc) is 2.56. The topological polar surface area (TPSA) is 30.7 Å². The molecule has 4 heteroatoms. The number of rotatable bonds is 1. The highest BCUT2D eigenvalue weighted by atomic mass is 15.4. The van der Waals surface area contributed by atoms with Crippen molar-refractivity contribution in [2.75, 3.05) is 0 Å². The van der Waals surface area contributed by atoms with Gasteiger partial charge in [-0.2, -0.15) is 0 Å². The molecule has 1 heterocycles. The van der Waals surface area contributed by atoms with Crippen molar-refractivity contribution < 1.29 is 0 Å². The highest BCUT2D eigenvalue weighted by Gasteiger charge is 1.94. The van der Waals surface area contributed by atoms with Crippen LogP contribution in [0.25, 0.3) is 5.69 Å². The second-order valence-corrected chi connectivity index (χ2v) is 2.44. The molecule has 0 amide bonds. The Labute approximate surface area is 71.4 Å². The van der Waals surface area contributed by atoms with Crippen LogP contribution in [0.5, 0.6) is 0 Å². The van der Waals surface area contributed by atoms with Crippen LogP contribution in [0.1, 0.15) is 0 Å². The van der Waals surface area contributed by atoms with Crippen LogP contribution >= 0.6 is 0 Å². The lowest BCUT2D eigenvalue weighted by atomic mass is 9.96. The zero-order chi connectivity index (χ0) is 8.39. The maximum absolute atomic E-state index is 5.60. The van der Waals surface area contributed by atoms with Gasteiger partial charge in [-0.05, 0) is 12.1 Å². The Hall–Kier alpha value is -1.58. The van der Waals surface area contributed by atoms with Gasteiger partial charge in [0.1, 0.15) is 7.85 Å². The Kier molecular flexibility index (Phi) is 1.66. The molecule has 12 heavy (non-hydrogen) atoms. The molecule has 0 saturated carbocycles. The van der Waals surface area contributed by atoms with Gasteiger partial charge < -0.3 is 0 Å². The van der Waals surface area contributed by atoms with Gasteiger partial charge in [0, 0.05) is 0 Å². The molecule has 0 unspecified atom stereocenters. The van der Waals surface area contributed by atoms with E-state index < -0.39 is 0 Å². The number of nitrogens with zero attached hydrogens (tertiary/aromatic N) is 3. The quantitative estimate of drug-likeness (QED) is 0.545. The monoisotopic (exact) mass is 155 g/mol. The van der Waals surface area contributed by atoms with Crippen LogP contribution in [-0.4, -0.2) is 22.8 Å².